The number of hydrogen-bond donors (Lipinski definition) is 1. The highest BCUT2D eigenvalue weighted by atomic mass is 19.4. The largest absolute Gasteiger partial charge is 0.497 e. The Morgan fingerprint density at radius 2 is 1.52 bits per heavy atom. The van der Waals surface area contributed by atoms with Gasteiger partial charge in [-0.05, 0) is 18.2 Å². The summed E-state index contributed by atoms with van der Waals surface area (Å²) >= 11 is 0. The van der Waals surface area contributed by atoms with E-state index in [1.165, 1.54) is 12.1 Å². The molecule has 3 nitrogen and oxygen atoms in total. The molecule has 0 saturated heterocycles. The lowest BCUT2D eigenvalue weighted by Crippen LogP contribution is -2.80. The van der Waals surface area contributed by atoms with Gasteiger partial charge in [-0.1, -0.05) is 18.2 Å². The zero-order valence-corrected chi connectivity index (χ0v) is 13.0. The van der Waals surface area contributed by atoms with Gasteiger partial charge in [-0.3, -0.25) is 0 Å². The van der Waals surface area contributed by atoms with E-state index in [1.807, 2.05) is 17.4 Å². The van der Waals surface area contributed by atoms with E-state index in [0.717, 1.165) is 11.6 Å². The Kier molecular flexibility index (Phi) is 5.50. The minimum atomic E-state index is -4.33. The molecule has 23 heavy (non-hydrogen) atoms. The normalized spacial score (nSPS) is 11.3. The van der Waals surface area contributed by atoms with Crippen molar-refractivity contribution in [3.63, 3.8) is 0 Å². The SMILES string of the molecule is COc1cc(C[NH2+]Cc2ccccc2C(F)(F)F)cc(OC)c1. The fraction of sp³-hybridized carbons (Fsp3) is 0.294. The van der Waals surface area contributed by atoms with Gasteiger partial charge in [0, 0.05) is 17.2 Å². The van der Waals surface area contributed by atoms with Crippen molar-refractivity contribution in [1.29, 1.82) is 0 Å². The zero-order chi connectivity index (χ0) is 16.9. The van der Waals surface area contributed by atoms with Gasteiger partial charge in [0.15, 0.2) is 0 Å². The summed E-state index contributed by atoms with van der Waals surface area (Å²) in [6.07, 6.45) is -4.33. The molecular weight excluding hydrogens is 307 g/mol. The topological polar surface area (TPSA) is 35.1 Å². The number of methoxy groups -OCH3 is 2. The van der Waals surface area contributed by atoms with Gasteiger partial charge in [-0.25, -0.2) is 0 Å². The molecule has 124 valence electrons. The average molecular weight is 326 g/mol. The third kappa shape index (κ3) is 4.63. The second-order valence-electron chi connectivity index (χ2n) is 5.07. The van der Waals surface area contributed by atoms with E-state index in [9.17, 15) is 13.2 Å². The zero-order valence-electron chi connectivity index (χ0n) is 13.0. The van der Waals surface area contributed by atoms with Crippen LogP contribution in [0.5, 0.6) is 11.5 Å². The predicted octanol–water partition coefficient (Wildman–Crippen LogP) is 2.99. The molecular formula is C17H19F3NO2+. The minimum absolute atomic E-state index is 0.245. The van der Waals surface area contributed by atoms with E-state index in [1.54, 1.807) is 26.4 Å². The van der Waals surface area contributed by atoms with Crippen LogP contribution in [0.1, 0.15) is 16.7 Å². The first-order valence-corrected chi connectivity index (χ1v) is 7.12. The molecule has 0 fully saturated rings. The summed E-state index contributed by atoms with van der Waals surface area (Å²) < 4.78 is 49.2. The second kappa shape index (κ2) is 7.37. The first kappa shape index (κ1) is 17.1. The summed E-state index contributed by atoms with van der Waals surface area (Å²) in [5, 5.41) is 1.82. The Morgan fingerprint density at radius 3 is 2.09 bits per heavy atom. The van der Waals surface area contributed by atoms with Crippen molar-refractivity contribution < 1.29 is 28.0 Å². The van der Waals surface area contributed by atoms with Crippen LogP contribution >= 0.6 is 0 Å². The summed E-state index contributed by atoms with van der Waals surface area (Å²) in [6, 6.07) is 11.1. The molecule has 0 spiro atoms. The molecule has 0 unspecified atom stereocenters. The first-order chi connectivity index (χ1) is 10.9. The van der Waals surface area contributed by atoms with Crippen LogP contribution in [-0.4, -0.2) is 14.2 Å². The summed E-state index contributed by atoms with van der Waals surface area (Å²) in [4.78, 5) is 0. The molecule has 6 heteroatoms. The Hall–Kier alpha value is -2.21. The van der Waals surface area contributed by atoms with Gasteiger partial charge in [-0.15, -0.1) is 0 Å². The summed E-state index contributed by atoms with van der Waals surface area (Å²) in [5.74, 6) is 1.31. The molecule has 2 N–H and O–H groups in total. The van der Waals surface area contributed by atoms with Gasteiger partial charge < -0.3 is 14.8 Å². The summed E-state index contributed by atoms with van der Waals surface area (Å²) in [7, 11) is 3.11. The van der Waals surface area contributed by atoms with Crippen LogP contribution in [0.3, 0.4) is 0 Å². The van der Waals surface area contributed by atoms with E-state index in [4.69, 9.17) is 9.47 Å². The van der Waals surface area contributed by atoms with Crippen molar-refractivity contribution in [1.82, 2.24) is 0 Å². The van der Waals surface area contributed by atoms with Crippen LogP contribution in [0, 0.1) is 0 Å². The highest BCUT2D eigenvalue weighted by Crippen LogP contribution is 2.31. The molecule has 0 radical (unpaired) electrons. The van der Waals surface area contributed by atoms with Crippen LogP contribution in [-0.2, 0) is 19.3 Å². The number of quaternary nitrogens is 1. The lowest BCUT2D eigenvalue weighted by molar-refractivity contribution is -0.686. The third-order valence-corrected chi connectivity index (χ3v) is 3.48. The molecule has 0 heterocycles. The molecule has 0 aliphatic rings. The molecule has 0 atom stereocenters. The van der Waals surface area contributed by atoms with Crippen LogP contribution in [0.15, 0.2) is 42.5 Å². The Bertz CT molecular complexity index is 634. The molecule has 2 rings (SSSR count). The summed E-state index contributed by atoms with van der Waals surface area (Å²) in [6.45, 7) is 0.773. The molecule has 2 aromatic carbocycles. The van der Waals surface area contributed by atoms with Crippen molar-refractivity contribution in [2.75, 3.05) is 14.2 Å². The van der Waals surface area contributed by atoms with Gasteiger partial charge in [0.25, 0.3) is 0 Å². The number of halogens is 3. The maximum atomic E-state index is 12.9. The maximum absolute atomic E-state index is 12.9. The molecule has 0 bridgehead atoms. The Morgan fingerprint density at radius 1 is 0.913 bits per heavy atom. The van der Waals surface area contributed by atoms with Crippen LogP contribution < -0.4 is 14.8 Å². The standard InChI is InChI=1S/C17H18F3NO2/c1-22-14-7-12(8-15(9-14)23-2)10-21-11-13-5-3-4-6-16(13)17(18,19)20/h3-9,21H,10-11H2,1-2H3/p+1. The number of rotatable bonds is 6. The second-order valence-corrected chi connectivity index (χ2v) is 5.07. The van der Waals surface area contributed by atoms with Crippen LogP contribution in [0.2, 0.25) is 0 Å². The maximum Gasteiger partial charge on any atom is 0.416 e. The molecule has 0 aromatic heterocycles. The molecule has 0 aliphatic heterocycles. The van der Waals surface area contributed by atoms with Gasteiger partial charge in [0.2, 0.25) is 0 Å². The van der Waals surface area contributed by atoms with Crippen molar-refractivity contribution >= 4 is 0 Å². The van der Waals surface area contributed by atoms with Crippen molar-refractivity contribution in [2.45, 2.75) is 19.3 Å². The number of ether oxygens (including phenoxy) is 2. The highest BCUT2D eigenvalue weighted by Gasteiger charge is 2.33. The molecule has 0 saturated carbocycles. The fourth-order valence-electron chi connectivity index (χ4n) is 2.35. The van der Waals surface area contributed by atoms with Crippen LogP contribution in [0.25, 0.3) is 0 Å². The molecule has 0 amide bonds. The predicted molar refractivity (Wildman–Crippen MR) is 80.3 cm³/mol. The van der Waals surface area contributed by atoms with E-state index in [2.05, 4.69) is 0 Å². The van der Waals surface area contributed by atoms with E-state index >= 15 is 0 Å². The third-order valence-electron chi connectivity index (χ3n) is 3.48. The quantitative estimate of drug-likeness (QED) is 0.886. The highest BCUT2D eigenvalue weighted by molar-refractivity contribution is 5.38. The Labute approximate surface area is 133 Å². The van der Waals surface area contributed by atoms with Crippen molar-refractivity contribution in [3.05, 3.63) is 59.2 Å². The lowest BCUT2D eigenvalue weighted by Gasteiger charge is -2.12. The average Bonchev–Trinajstić information content (AvgIpc) is 2.54. The van der Waals surface area contributed by atoms with Gasteiger partial charge in [0.05, 0.1) is 19.8 Å². The number of hydrogen-bond acceptors (Lipinski definition) is 2. The van der Waals surface area contributed by atoms with E-state index in [-0.39, 0.29) is 12.1 Å². The number of nitrogens with two attached hydrogens (primary N) is 1. The molecule has 2 aromatic rings. The van der Waals surface area contributed by atoms with Crippen molar-refractivity contribution in [3.8, 4) is 11.5 Å². The monoisotopic (exact) mass is 326 g/mol. The number of benzene rings is 2. The fourth-order valence-corrected chi connectivity index (χ4v) is 2.35. The summed E-state index contributed by atoms with van der Waals surface area (Å²) in [5.41, 5.74) is 0.611. The lowest BCUT2D eigenvalue weighted by atomic mass is 10.1. The Balaban J connectivity index is 2.06. The van der Waals surface area contributed by atoms with Crippen molar-refractivity contribution in [2.24, 2.45) is 0 Å². The smallest absolute Gasteiger partial charge is 0.416 e. The van der Waals surface area contributed by atoms with E-state index in [0.29, 0.717) is 18.0 Å². The van der Waals surface area contributed by atoms with E-state index < -0.39 is 11.7 Å². The number of alkyl halides is 3. The van der Waals surface area contributed by atoms with Crippen LogP contribution in [0.4, 0.5) is 13.2 Å². The minimum Gasteiger partial charge on any atom is -0.497 e. The van der Waals surface area contributed by atoms with Gasteiger partial charge >= 0.3 is 6.18 Å². The van der Waals surface area contributed by atoms with Gasteiger partial charge in [0.1, 0.15) is 24.6 Å². The van der Waals surface area contributed by atoms with Gasteiger partial charge in [-0.2, -0.15) is 13.2 Å². The first-order valence-electron chi connectivity index (χ1n) is 7.12. The molecule has 0 aliphatic carbocycles.